The van der Waals surface area contributed by atoms with Crippen molar-refractivity contribution in [2.45, 2.75) is 175 Å². The minimum atomic E-state index is -1.02. The van der Waals surface area contributed by atoms with Crippen molar-refractivity contribution >= 4 is 84.7 Å². The van der Waals surface area contributed by atoms with E-state index in [1.165, 1.54) is 106 Å². The Hall–Kier alpha value is -6.62. The van der Waals surface area contributed by atoms with E-state index >= 15 is 0 Å². The lowest BCUT2D eigenvalue weighted by Crippen LogP contribution is -2.32. The molecule has 16 heteroatoms. The van der Waals surface area contributed by atoms with Crippen LogP contribution in [0.5, 0.6) is 0 Å². The Labute approximate surface area is 490 Å². The van der Waals surface area contributed by atoms with E-state index in [9.17, 15) is 28.8 Å². The minimum absolute atomic E-state index is 0.109. The van der Waals surface area contributed by atoms with E-state index in [1.807, 2.05) is 0 Å². The predicted octanol–water partition coefficient (Wildman–Crippen LogP) is 16.0. The summed E-state index contributed by atoms with van der Waals surface area (Å²) in [5.74, 6) is -3.27. The molecule has 6 N–H and O–H groups in total. The number of nitrogens with two attached hydrogens (primary N) is 1. The second-order valence-corrected chi connectivity index (χ2v) is 28.4. The molecule has 3 aliphatic carbocycles. The van der Waals surface area contributed by atoms with Crippen LogP contribution in [0, 0.1) is 20.8 Å². The average molecular weight is 1160 g/mol. The van der Waals surface area contributed by atoms with Crippen LogP contribution in [-0.4, -0.2) is 60.1 Å². The molecule has 0 aliphatic heterocycles. The molecule has 0 fully saturated rings. The molecule has 0 bridgehead atoms. The van der Waals surface area contributed by atoms with Crippen molar-refractivity contribution in [3.05, 3.63) is 154 Å². The van der Waals surface area contributed by atoms with E-state index in [-0.39, 0.29) is 44.6 Å². The zero-order valence-corrected chi connectivity index (χ0v) is 52.6. The van der Waals surface area contributed by atoms with Crippen LogP contribution in [0.15, 0.2) is 72.8 Å². The van der Waals surface area contributed by atoms with Gasteiger partial charge in [0.2, 0.25) is 0 Å². The Kier molecular flexibility index (Phi) is 18.9. The van der Waals surface area contributed by atoms with Crippen molar-refractivity contribution in [1.29, 1.82) is 0 Å². The Balaban J connectivity index is 0.000000182. The summed E-state index contributed by atoms with van der Waals surface area (Å²) < 4.78 is 9.15. The Morgan fingerprint density at radius 3 is 0.914 bits per heavy atom. The Morgan fingerprint density at radius 1 is 0.407 bits per heavy atom. The lowest BCUT2D eigenvalue weighted by molar-refractivity contribution is 0.0591. The molecule has 9 rings (SSSR count). The molecule has 2 amide bonds. The average Bonchev–Trinajstić information content (AvgIpc) is 4.07. The molecule has 0 unspecified atom stereocenters. The van der Waals surface area contributed by atoms with Crippen LogP contribution < -0.4 is 16.4 Å². The molecule has 0 radical (unpaired) electrons. The van der Waals surface area contributed by atoms with Gasteiger partial charge in [-0.25, -0.2) is 19.2 Å². The fourth-order valence-corrected chi connectivity index (χ4v) is 15.5. The highest BCUT2D eigenvalue weighted by Gasteiger charge is 2.43. The first-order valence-electron chi connectivity index (χ1n) is 27.2. The van der Waals surface area contributed by atoms with E-state index in [4.69, 9.17) is 20.7 Å². The Bertz CT molecular complexity index is 3350. The molecular formula is C65H81N3O10S3. The highest BCUT2D eigenvalue weighted by Crippen LogP contribution is 2.55. The zero-order chi connectivity index (χ0) is 60.5. The van der Waals surface area contributed by atoms with Crippen LogP contribution in [-0.2, 0) is 42.0 Å². The molecule has 0 saturated carbocycles. The van der Waals surface area contributed by atoms with Gasteiger partial charge in [0.25, 0.3) is 11.8 Å². The maximum atomic E-state index is 12.7. The van der Waals surface area contributed by atoms with Crippen molar-refractivity contribution in [3.8, 4) is 0 Å². The standard InChI is InChI=1S/C22H27NO3S.C21H25NO3S.C13H21NS.C9H8O4/c1-13-16-17(22(4,5)12-11-21(16,2)3)27-19(13)23-18(24)14-7-9-15(10-8-14)20(25)26-6;1-12-15-16(21(4,5)11-10-20(15,2)3)26-18(12)22-17(23)13-6-8-14(9-7-13)19(24)25;1-8-9-10(15-11(8)14)13(4,5)7-6-12(9,2)3;1-13-9(12)7-4-2-6(3-5-7)8(10)11/h7-10H,11-12H2,1-6H3,(H,23,24);6-9H,10-11H2,1-5H3,(H,22,23)(H,24,25);6-7,14H2,1-5H3;2-5H,1H3,(H,10,11). The SMILES string of the molecule is COC(=O)c1ccc(C(=O)Nc2sc3c(c2C)C(C)(C)CCC3(C)C)cc1.COC(=O)c1ccc(C(=O)O)cc1.Cc1c(N)sc2c1C(C)(C)CCC2(C)C.Cc1c(NC(=O)c2ccc(C(=O)O)cc2)sc2c1C(C)(C)CCC2(C)C. The third-order valence-corrected chi connectivity index (χ3v) is 21.1. The maximum Gasteiger partial charge on any atom is 0.337 e. The number of aromatic carboxylic acids is 2. The first kappa shape index (κ1) is 63.6. The number of carbonyl (C=O) groups is 6. The molecule has 3 heterocycles. The van der Waals surface area contributed by atoms with Crippen LogP contribution in [0.4, 0.5) is 15.0 Å². The third kappa shape index (κ3) is 13.8. The summed E-state index contributed by atoms with van der Waals surface area (Å²) in [7, 11) is 2.61. The molecule has 0 atom stereocenters. The molecule has 13 nitrogen and oxygen atoms in total. The zero-order valence-electron chi connectivity index (χ0n) is 50.1. The van der Waals surface area contributed by atoms with Gasteiger partial charge in [-0.15, -0.1) is 34.0 Å². The summed E-state index contributed by atoms with van der Waals surface area (Å²) in [6.45, 7) is 34.0. The van der Waals surface area contributed by atoms with Crippen molar-refractivity contribution in [2.24, 2.45) is 0 Å². The van der Waals surface area contributed by atoms with Gasteiger partial charge in [-0.3, -0.25) is 9.59 Å². The third-order valence-electron chi connectivity index (χ3n) is 16.4. The number of anilines is 3. The second kappa shape index (κ2) is 24.1. The number of carboxylic acid groups (broad SMARTS) is 2. The lowest BCUT2D eigenvalue weighted by atomic mass is 9.66. The predicted molar refractivity (Wildman–Crippen MR) is 329 cm³/mol. The van der Waals surface area contributed by atoms with Crippen molar-refractivity contribution < 1.29 is 48.5 Å². The number of carbonyl (C=O) groups excluding carboxylic acids is 4. The summed E-state index contributed by atoms with van der Waals surface area (Å²) in [4.78, 5) is 73.5. The Morgan fingerprint density at radius 2 is 0.654 bits per heavy atom. The first-order chi connectivity index (χ1) is 37.5. The van der Waals surface area contributed by atoms with Gasteiger partial charge in [-0.05, 0) is 198 Å². The summed E-state index contributed by atoms with van der Waals surface area (Å²) in [5, 5.41) is 26.5. The molecule has 3 aromatic heterocycles. The van der Waals surface area contributed by atoms with E-state index in [1.54, 1.807) is 70.4 Å². The van der Waals surface area contributed by atoms with E-state index in [0.29, 0.717) is 33.1 Å². The fourth-order valence-electron chi connectivity index (χ4n) is 11.1. The highest BCUT2D eigenvalue weighted by molar-refractivity contribution is 7.17. The van der Waals surface area contributed by atoms with E-state index in [2.05, 4.69) is 119 Å². The number of methoxy groups -OCH3 is 2. The number of ether oxygens (including phenoxy) is 2. The first-order valence-corrected chi connectivity index (χ1v) is 29.7. The topological polar surface area (TPSA) is 211 Å². The summed E-state index contributed by atoms with van der Waals surface area (Å²) in [5.41, 5.74) is 17.2. The van der Waals surface area contributed by atoms with E-state index < -0.39 is 23.9 Å². The number of hydrogen-bond acceptors (Lipinski definition) is 12. The van der Waals surface area contributed by atoms with Gasteiger partial charge in [0.05, 0.1) is 51.5 Å². The molecular weight excluding hydrogens is 1080 g/mol. The van der Waals surface area contributed by atoms with Gasteiger partial charge in [0, 0.05) is 25.8 Å². The molecule has 0 spiro atoms. The van der Waals surface area contributed by atoms with Crippen LogP contribution in [0.3, 0.4) is 0 Å². The normalized spacial score (nSPS) is 17.0. The highest BCUT2D eigenvalue weighted by atomic mass is 32.1. The summed E-state index contributed by atoms with van der Waals surface area (Å²) in [6, 6.07) is 18.1. The van der Waals surface area contributed by atoms with Crippen molar-refractivity contribution in [3.63, 3.8) is 0 Å². The number of hydrogen-bond donors (Lipinski definition) is 5. The smallest absolute Gasteiger partial charge is 0.337 e. The number of carboxylic acids is 2. The number of rotatable bonds is 8. The van der Waals surface area contributed by atoms with E-state index in [0.717, 1.165) is 46.2 Å². The van der Waals surface area contributed by atoms with Crippen LogP contribution in [0.1, 0.15) is 232 Å². The van der Waals surface area contributed by atoms with Crippen molar-refractivity contribution in [2.75, 3.05) is 30.6 Å². The van der Waals surface area contributed by atoms with Crippen LogP contribution >= 0.6 is 34.0 Å². The lowest BCUT2D eigenvalue weighted by Gasteiger charge is -2.39. The van der Waals surface area contributed by atoms with Gasteiger partial charge in [0.15, 0.2) is 0 Å². The maximum absolute atomic E-state index is 12.7. The molecule has 81 heavy (non-hydrogen) atoms. The molecule has 3 aromatic carbocycles. The molecule has 0 saturated heterocycles. The molecule has 3 aliphatic rings. The minimum Gasteiger partial charge on any atom is -0.478 e. The van der Waals surface area contributed by atoms with Gasteiger partial charge >= 0.3 is 23.9 Å². The number of amides is 2. The summed E-state index contributed by atoms with van der Waals surface area (Å²) in [6.07, 6.45) is 7.10. The molecule has 6 aromatic rings. The van der Waals surface area contributed by atoms with Gasteiger partial charge < -0.3 is 36.1 Å². The van der Waals surface area contributed by atoms with Crippen LogP contribution in [0.25, 0.3) is 0 Å². The fraction of sp³-hybridized carbons (Fsp3) is 0.446. The monoisotopic (exact) mass is 1160 g/mol. The number of benzene rings is 3. The second-order valence-electron chi connectivity index (χ2n) is 25.4. The largest absolute Gasteiger partial charge is 0.478 e. The number of fused-ring (bicyclic) bond motifs is 3. The van der Waals surface area contributed by atoms with Gasteiger partial charge in [-0.1, -0.05) is 83.1 Å². The van der Waals surface area contributed by atoms with Gasteiger partial charge in [-0.2, -0.15) is 0 Å². The quantitative estimate of drug-likeness (QED) is 0.0905. The number of esters is 2. The van der Waals surface area contributed by atoms with Gasteiger partial charge in [0.1, 0.15) is 0 Å². The summed E-state index contributed by atoms with van der Waals surface area (Å²) >= 11 is 5.18. The van der Waals surface area contributed by atoms with Crippen LogP contribution in [0.2, 0.25) is 0 Å². The number of nitrogens with one attached hydrogen (secondary N) is 2. The van der Waals surface area contributed by atoms with Crippen molar-refractivity contribution in [1.82, 2.24) is 0 Å². The molecule has 434 valence electrons. The number of thiophene rings is 3. The number of nitrogen functional groups attached to an aromatic ring is 1.